The summed E-state index contributed by atoms with van der Waals surface area (Å²) in [5, 5.41) is 18.1. The molecule has 0 radical (unpaired) electrons. The van der Waals surface area contributed by atoms with Crippen LogP contribution >= 0.6 is 0 Å². The van der Waals surface area contributed by atoms with Crippen molar-refractivity contribution in [3.05, 3.63) is 15.8 Å². The predicted octanol–water partition coefficient (Wildman–Crippen LogP) is 2.24. The van der Waals surface area contributed by atoms with Gasteiger partial charge < -0.3 is 5.32 Å². The Labute approximate surface area is 100 Å². The van der Waals surface area contributed by atoms with Crippen molar-refractivity contribution in [1.82, 2.24) is 9.78 Å². The van der Waals surface area contributed by atoms with Gasteiger partial charge in [-0.3, -0.25) is 10.1 Å². The molecule has 0 atom stereocenters. The summed E-state index contributed by atoms with van der Waals surface area (Å²) in [5.41, 5.74) is 0.557. The molecule has 94 valence electrons. The number of nitrogens with zero attached hydrogens (tertiary/aromatic N) is 3. The number of aryl methyl sites for hydroxylation is 2. The van der Waals surface area contributed by atoms with Crippen LogP contribution in [0.1, 0.15) is 31.4 Å². The Hall–Kier alpha value is -1.59. The molecular formula is C11H18N4O2. The summed E-state index contributed by atoms with van der Waals surface area (Å²) < 4.78 is 1.55. The minimum absolute atomic E-state index is 0.0962. The summed E-state index contributed by atoms with van der Waals surface area (Å²) in [6.07, 6.45) is 4.99. The number of nitrogens with one attached hydrogen (secondary N) is 1. The lowest BCUT2D eigenvalue weighted by atomic mass is 10.2. The molecule has 0 amide bonds. The Balaban J connectivity index is 1.95. The van der Waals surface area contributed by atoms with Crippen molar-refractivity contribution in [2.24, 2.45) is 13.0 Å². The van der Waals surface area contributed by atoms with Crippen LogP contribution in [0.15, 0.2) is 0 Å². The van der Waals surface area contributed by atoms with E-state index in [1.54, 1.807) is 18.7 Å². The fourth-order valence-electron chi connectivity index (χ4n) is 2.07. The van der Waals surface area contributed by atoms with Crippen LogP contribution in [0.25, 0.3) is 0 Å². The second-order valence-electron chi connectivity index (χ2n) is 4.68. The fourth-order valence-corrected chi connectivity index (χ4v) is 2.07. The molecule has 0 spiro atoms. The molecule has 1 aliphatic carbocycles. The maximum absolute atomic E-state index is 10.9. The zero-order valence-corrected chi connectivity index (χ0v) is 10.3. The Morgan fingerprint density at radius 3 is 2.88 bits per heavy atom. The summed E-state index contributed by atoms with van der Waals surface area (Å²) in [7, 11) is 1.73. The summed E-state index contributed by atoms with van der Waals surface area (Å²) >= 11 is 0. The van der Waals surface area contributed by atoms with Gasteiger partial charge in [-0.05, 0) is 25.7 Å². The Bertz CT molecular complexity index is 423. The topological polar surface area (TPSA) is 73.0 Å². The maximum Gasteiger partial charge on any atom is 0.333 e. The second-order valence-corrected chi connectivity index (χ2v) is 4.68. The highest BCUT2D eigenvalue weighted by atomic mass is 16.6. The predicted molar refractivity (Wildman–Crippen MR) is 65.0 cm³/mol. The molecule has 0 aliphatic heterocycles. The molecule has 0 saturated heterocycles. The Morgan fingerprint density at radius 2 is 2.29 bits per heavy atom. The zero-order valence-electron chi connectivity index (χ0n) is 10.3. The van der Waals surface area contributed by atoms with Crippen LogP contribution in [0, 0.1) is 23.0 Å². The molecule has 2 rings (SSSR count). The van der Waals surface area contributed by atoms with Crippen LogP contribution in [-0.4, -0.2) is 21.2 Å². The van der Waals surface area contributed by atoms with E-state index >= 15 is 0 Å². The monoisotopic (exact) mass is 238 g/mol. The van der Waals surface area contributed by atoms with E-state index in [9.17, 15) is 10.1 Å². The van der Waals surface area contributed by atoms with Gasteiger partial charge in [-0.1, -0.05) is 12.8 Å². The molecule has 1 fully saturated rings. The molecule has 0 unspecified atom stereocenters. The van der Waals surface area contributed by atoms with Crippen molar-refractivity contribution >= 4 is 11.5 Å². The van der Waals surface area contributed by atoms with E-state index in [-0.39, 0.29) is 10.6 Å². The average molecular weight is 238 g/mol. The number of nitro groups is 1. The van der Waals surface area contributed by atoms with Crippen LogP contribution in [-0.2, 0) is 7.05 Å². The molecule has 0 aromatic carbocycles. The molecule has 1 N–H and O–H groups in total. The van der Waals surface area contributed by atoms with Crippen molar-refractivity contribution in [3.8, 4) is 0 Å². The first kappa shape index (κ1) is 11.9. The smallest absolute Gasteiger partial charge is 0.333 e. The van der Waals surface area contributed by atoms with E-state index in [4.69, 9.17) is 0 Å². The number of anilines is 1. The maximum atomic E-state index is 10.9. The molecule has 1 heterocycles. The van der Waals surface area contributed by atoms with Gasteiger partial charge in [0.25, 0.3) is 0 Å². The largest absolute Gasteiger partial charge is 0.365 e. The number of hydrogen-bond acceptors (Lipinski definition) is 4. The first-order valence-electron chi connectivity index (χ1n) is 6.01. The van der Waals surface area contributed by atoms with Gasteiger partial charge in [0, 0.05) is 13.6 Å². The lowest BCUT2D eigenvalue weighted by Gasteiger charge is -2.05. The van der Waals surface area contributed by atoms with Gasteiger partial charge in [0.1, 0.15) is 5.69 Å². The van der Waals surface area contributed by atoms with Crippen molar-refractivity contribution in [2.75, 3.05) is 11.9 Å². The average Bonchev–Trinajstić information content (AvgIpc) is 3.00. The second kappa shape index (κ2) is 4.73. The van der Waals surface area contributed by atoms with Gasteiger partial charge >= 0.3 is 5.69 Å². The molecule has 1 aliphatic rings. The first-order valence-corrected chi connectivity index (χ1v) is 6.01. The molecule has 1 saturated carbocycles. The van der Waals surface area contributed by atoms with Crippen LogP contribution in [0.3, 0.4) is 0 Å². The number of rotatable bonds is 6. The summed E-state index contributed by atoms with van der Waals surface area (Å²) in [6.45, 7) is 2.43. The van der Waals surface area contributed by atoms with E-state index in [0.29, 0.717) is 11.5 Å². The molecule has 17 heavy (non-hydrogen) atoms. The van der Waals surface area contributed by atoms with E-state index < -0.39 is 0 Å². The highest BCUT2D eigenvalue weighted by Gasteiger charge is 2.24. The van der Waals surface area contributed by atoms with Gasteiger partial charge in [0.2, 0.25) is 5.82 Å². The van der Waals surface area contributed by atoms with Gasteiger partial charge in [0.05, 0.1) is 4.92 Å². The SMILES string of the molecule is Cc1nn(C)c(NCCCC2CC2)c1[N+](=O)[O-]. The standard InChI is InChI=1S/C11H18N4O2/c1-8-10(15(16)17)11(14(2)13-8)12-7-3-4-9-5-6-9/h9,12H,3-7H2,1-2H3. The van der Waals surface area contributed by atoms with Crippen LogP contribution in [0.4, 0.5) is 11.5 Å². The number of hydrogen-bond donors (Lipinski definition) is 1. The van der Waals surface area contributed by atoms with Crippen LogP contribution in [0.2, 0.25) is 0 Å². The van der Waals surface area contributed by atoms with Crippen LogP contribution in [0.5, 0.6) is 0 Å². The van der Waals surface area contributed by atoms with Gasteiger partial charge in [-0.2, -0.15) is 5.10 Å². The van der Waals surface area contributed by atoms with Gasteiger partial charge in [0.15, 0.2) is 0 Å². The molecule has 1 aromatic rings. The molecular weight excluding hydrogens is 220 g/mol. The van der Waals surface area contributed by atoms with E-state index in [1.807, 2.05) is 0 Å². The Morgan fingerprint density at radius 1 is 1.59 bits per heavy atom. The normalized spacial score (nSPS) is 14.9. The zero-order chi connectivity index (χ0) is 12.4. The lowest BCUT2D eigenvalue weighted by molar-refractivity contribution is -0.384. The minimum atomic E-state index is -0.369. The molecule has 1 aromatic heterocycles. The highest BCUT2D eigenvalue weighted by Crippen LogP contribution is 2.33. The van der Waals surface area contributed by atoms with E-state index in [0.717, 1.165) is 18.9 Å². The van der Waals surface area contributed by atoms with Crippen molar-refractivity contribution in [2.45, 2.75) is 32.6 Å². The quantitative estimate of drug-likeness (QED) is 0.468. The van der Waals surface area contributed by atoms with Crippen LogP contribution < -0.4 is 5.32 Å². The molecule has 6 heteroatoms. The van der Waals surface area contributed by atoms with Crippen molar-refractivity contribution in [3.63, 3.8) is 0 Å². The minimum Gasteiger partial charge on any atom is -0.365 e. The van der Waals surface area contributed by atoms with Gasteiger partial charge in [-0.15, -0.1) is 0 Å². The fraction of sp³-hybridized carbons (Fsp3) is 0.727. The van der Waals surface area contributed by atoms with Crippen molar-refractivity contribution in [1.29, 1.82) is 0 Å². The van der Waals surface area contributed by atoms with Crippen molar-refractivity contribution < 1.29 is 4.92 Å². The number of aromatic nitrogens is 2. The third kappa shape index (κ3) is 2.75. The highest BCUT2D eigenvalue weighted by molar-refractivity contribution is 5.59. The van der Waals surface area contributed by atoms with Gasteiger partial charge in [-0.25, -0.2) is 4.68 Å². The Kier molecular flexibility index (Phi) is 3.31. The third-order valence-electron chi connectivity index (χ3n) is 3.15. The summed E-state index contributed by atoms with van der Waals surface area (Å²) in [6, 6.07) is 0. The first-order chi connectivity index (χ1) is 8.09. The third-order valence-corrected chi connectivity index (χ3v) is 3.15. The lowest BCUT2D eigenvalue weighted by Crippen LogP contribution is -2.08. The molecule has 6 nitrogen and oxygen atoms in total. The summed E-state index contributed by atoms with van der Waals surface area (Å²) in [4.78, 5) is 10.5. The van der Waals surface area contributed by atoms with E-state index in [2.05, 4.69) is 10.4 Å². The molecule has 0 bridgehead atoms. The van der Waals surface area contributed by atoms with E-state index in [1.165, 1.54) is 19.3 Å². The summed E-state index contributed by atoms with van der Waals surface area (Å²) in [5.74, 6) is 1.42.